The number of carbonyl (C=O) groups is 1. The van der Waals surface area contributed by atoms with Crippen LogP contribution in [0.15, 0.2) is 0 Å². The van der Waals surface area contributed by atoms with Crippen molar-refractivity contribution in [3.63, 3.8) is 0 Å². The second-order valence-corrected chi connectivity index (χ2v) is 5.32. The Morgan fingerprint density at radius 2 is 1.28 bits per heavy atom. The molecule has 2 nitrogen and oxygen atoms in total. The molecule has 0 aromatic carbocycles. The van der Waals surface area contributed by atoms with Crippen molar-refractivity contribution in [3.8, 4) is 0 Å². The number of rotatable bonds is 14. The van der Waals surface area contributed by atoms with Crippen LogP contribution in [0, 0.1) is 0 Å². The minimum Gasteiger partial charge on any atom is -0.319 e. The van der Waals surface area contributed by atoms with E-state index in [0.717, 1.165) is 19.4 Å². The normalized spacial score (nSPS) is 10.8. The number of ketones is 1. The first-order valence-electron chi connectivity index (χ1n) is 7.97. The van der Waals surface area contributed by atoms with E-state index in [-0.39, 0.29) is 0 Å². The van der Waals surface area contributed by atoms with Gasteiger partial charge in [0.2, 0.25) is 0 Å². The summed E-state index contributed by atoms with van der Waals surface area (Å²) in [5.41, 5.74) is 0. The zero-order valence-electron chi connectivity index (χ0n) is 12.6. The van der Waals surface area contributed by atoms with Crippen molar-refractivity contribution in [2.24, 2.45) is 0 Å². The Labute approximate surface area is 114 Å². The van der Waals surface area contributed by atoms with E-state index in [1.165, 1.54) is 57.8 Å². The second kappa shape index (κ2) is 14.7. The van der Waals surface area contributed by atoms with Crippen LogP contribution in [0.25, 0.3) is 0 Å². The minimum atomic E-state index is 0.420. The summed E-state index contributed by atoms with van der Waals surface area (Å²) in [6.45, 7) is 3.09. The van der Waals surface area contributed by atoms with Gasteiger partial charge in [-0.15, -0.1) is 0 Å². The van der Waals surface area contributed by atoms with Crippen LogP contribution in [0.2, 0.25) is 0 Å². The molecule has 0 aliphatic heterocycles. The predicted octanol–water partition coefficient (Wildman–Crippen LogP) is 4.48. The Kier molecular flexibility index (Phi) is 14.4. The number of Topliss-reactive ketones (excluding diaryl/α,β-unsaturated/α-hetero) is 1. The van der Waals surface area contributed by atoms with Crippen LogP contribution < -0.4 is 5.32 Å². The second-order valence-electron chi connectivity index (χ2n) is 5.32. The number of carbonyl (C=O) groups excluding carboxylic acids is 1. The SMILES string of the molecule is CCCCCCCCCCCCC(=O)CCNC. The highest BCUT2D eigenvalue weighted by Gasteiger charge is 2.00. The van der Waals surface area contributed by atoms with Gasteiger partial charge in [0.15, 0.2) is 0 Å². The third-order valence-electron chi connectivity index (χ3n) is 3.46. The number of nitrogens with one attached hydrogen (secondary N) is 1. The number of hydrogen-bond donors (Lipinski definition) is 1. The number of hydrogen-bond acceptors (Lipinski definition) is 2. The molecule has 18 heavy (non-hydrogen) atoms. The van der Waals surface area contributed by atoms with Gasteiger partial charge >= 0.3 is 0 Å². The smallest absolute Gasteiger partial charge is 0.134 e. The van der Waals surface area contributed by atoms with Gasteiger partial charge in [0.25, 0.3) is 0 Å². The molecule has 108 valence electrons. The van der Waals surface area contributed by atoms with Gasteiger partial charge in [0.05, 0.1) is 0 Å². The fourth-order valence-corrected chi connectivity index (χ4v) is 2.20. The fourth-order valence-electron chi connectivity index (χ4n) is 2.20. The van der Waals surface area contributed by atoms with Gasteiger partial charge in [-0.1, -0.05) is 64.7 Å². The van der Waals surface area contributed by atoms with E-state index in [2.05, 4.69) is 12.2 Å². The standard InChI is InChI=1S/C16H33NO/c1-3-4-5-6-7-8-9-10-11-12-13-16(18)14-15-17-2/h17H,3-15H2,1-2H3. The molecule has 1 N–H and O–H groups in total. The summed E-state index contributed by atoms with van der Waals surface area (Å²) in [4.78, 5) is 11.4. The van der Waals surface area contributed by atoms with Gasteiger partial charge in [0.1, 0.15) is 5.78 Å². The van der Waals surface area contributed by atoms with Crippen LogP contribution in [0.5, 0.6) is 0 Å². The molecule has 0 heterocycles. The molecule has 0 aromatic rings. The predicted molar refractivity (Wildman–Crippen MR) is 80.0 cm³/mol. The average Bonchev–Trinajstić information content (AvgIpc) is 2.38. The zero-order chi connectivity index (χ0) is 13.5. The summed E-state index contributed by atoms with van der Waals surface area (Å²) in [7, 11) is 1.90. The van der Waals surface area contributed by atoms with E-state index >= 15 is 0 Å². The number of unbranched alkanes of at least 4 members (excludes halogenated alkanes) is 9. The summed E-state index contributed by atoms with van der Waals surface area (Å²) >= 11 is 0. The van der Waals surface area contributed by atoms with Gasteiger partial charge in [-0.25, -0.2) is 0 Å². The molecule has 0 radical (unpaired) electrons. The Bertz CT molecular complexity index is 180. The van der Waals surface area contributed by atoms with E-state index in [1.807, 2.05) is 7.05 Å². The fraction of sp³-hybridized carbons (Fsp3) is 0.938. The van der Waals surface area contributed by atoms with Crippen LogP contribution in [0.3, 0.4) is 0 Å². The molecule has 0 spiro atoms. The van der Waals surface area contributed by atoms with E-state index < -0.39 is 0 Å². The van der Waals surface area contributed by atoms with E-state index in [4.69, 9.17) is 0 Å². The first-order valence-corrected chi connectivity index (χ1v) is 7.97. The molecule has 0 saturated carbocycles. The van der Waals surface area contributed by atoms with Gasteiger partial charge in [-0.2, -0.15) is 0 Å². The molecular formula is C16H33NO. The lowest BCUT2D eigenvalue weighted by molar-refractivity contribution is -0.119. The van der Waals surface area contributed by atoms with Crippen molar-refractivity contribution in [1.82, 2.24) is 5.32 Å². The van der Waals surface area contributed by atoms with Gasteiger partial charge in [-0.3, -0.25) is 4.79 Å². The van der Waals surface area contributed by atoms with Gasteiger partial charge in [-0.05, 0) is 13.5 Å². The first kappa shape index (κ1) is 17.6. The Hall–Kier alpha value is -0.370. The first-order chi connectivity index (χ1) is 8.81. The van der Waals surface area contributed by atoms with Crippen LogP contribution in [-0.4, -0.2) is 19.4 Å². The van der Waals surface area contributed by atoms with E-state index in [0.29, 0.717) is 12.2 Å². The van der Waals surface area contributed by atoms with Crippen LogP contribution in [0.1, 0.15) is 84.0 Å². The summed E-state index contributed by atoms with van der Waals surface area (Å²) in [5, 5.41) is 3.02. The van der Waals surface area contributed by atoms with Crippen molar-refractivity contribution in [2.75, 3.05) is 13.6 Å². The van der Waals surface area contributed by atoms with Crippen molar-refractivity contribution >= 4 is 5.78 Å². The summed E-state index contributed by atoms with van der Waals surface area (Å²) in [5.74, 6) is 0.420. The molecule has 2 heteroatoms. The monoisotopic (exact) mass is 255 g/mol. The average molecular weight is 255 g/mol. The van der Waals surface area contributed by atoms with Gasteiger partial charge in [0, 0.05) is 19.4 Å². The van der Waals surface area contributed by atoms with Crippen LogP contribution in [-0.2, 0) is 4.79 Å². The molecule has 0 atom stereocenters. The van der Waals surface area contributed by atoms with Crippen LogP contribution in [0.4, 0.5) is 0 Å². The highest BCUT2D eigenvalue weighted by Crippen LogP contribution is 2.11. The maximum Gasteiger partial charge on any atom is 0.134 e. The Morgan fingerprint density at radius 3 is 1.78 bits per heavy atom. The van der Waals surface area contributed by atoms with Crippen molar-refractivity contribution in [1.29, 1.82) is 0 Å². The van der Waals surface area contributed by atoms with Gasteiger partial charge < -0.3 is 5.32 Å². The maximum atomic E-state index is 11.4. The molecule has 0 aromatic heterocycles. The van der Waals surface area contributed by atoms with Crippen molar-refractivity contribution < 1.29 is 4.79 Å². The zero-order valence-corrected chi connectivity index (χ0v) is 12.6. The lowest BCUT2D eigenvalue weighted by Gasteiger charge is -2.02. The quantitative estimate of drug-likeness (QED) is 0.464. The Balaban J connectivity index is 3.04. The van der Waals surface area contributed by atoms with Crippen molar-refractivity contribution in [3.05, 3.63) is 0 Å². The molecular weight excluding hydrogens is 222 g/mol. The van der Waals surface area contributed by atoms with Crippen molar-refractivity contribution in [2.45, 2.75) is 84.0 Å². The topological polar surface area (TPSA) is 29.1 Å². The van der Waals surface area contributed by atoms with Crippen LogP contribution >= 0.6 is 0 Å². The summed E-state index contributed by atoms with van der Waals surface area (Å²) in [6, 6.07) is 0. The molecule has 0 aliphatic carbocycles. The minimum absolute atomic E-state index is 0.420. The Morgan fingerprint density at radius 1 is 0.778 bits per heavy atom. The molecule has 0 rings (SSSR count). The third-order valence-corrected chi connectivity index (χ3v) is 3.46. The molecule has 0 saturated heterocycles. The lowest BCUT2D eigenvalue weighted by atomic mass is 10.0. The molecule has 0 bridgehead atoms. The highest BCUT2D eigenvalue weighted by molar-refractivity contribution is 5.78. The largest absolute Gasteiger partial charge is 0.319 e. The maximum absolute atomic E-state index is 11.4. The molecule has 0 fully saturated rings. The molecule has 0 amide bonds. The summed E-state index contributed by atoms with van der Waals surface area (Å²) in [6.07, 6.45) is 14.8. The molecule has 0 unspecified atom stereocenters. The third kappa shape index (κ3) is 13.7. The highest BCUT2D eigenvalue weighted by atomic mass is 16.1. The molecule has 0 aliphatic rings. The van der Waals surface area contributed by atoms with E-state index in [9.17, 15) is 4.79 Å². The summed E-state index contributed by atoms with van der Waals surface area (Å²) < 4.78 is 0. The lowest BCUT2D eigenvalue weighted by Crippen LogP contribution is -2.12. The van der Waals surface area contributed by atoms with E-state index in [1.54, 1.807) is 0 Å².